The van der Waals surface area contributed by atoms with Crippen LogP contribution in [0.25, 0.3) is 0 Å². The van der Waals surface area contributed by atoms with E-state index in [1.165, 1.54) is 18.2 Å². The van der Waals surface area contributed by atoms with Crippen molar-refractivity contribution >= 4 is 29.2 Å². The molecule has 108 valence electrons. The number of aliphatic imine (C=N–C) groups is 1. The molecule has 2 aromatic carbocycles. The van der Waals surface area contributed by atoms with Gasteiger partial charge in [0.25, 0.3) is 5.69 Å². The monoisotopic (exact) mass is 307 g/mol. The normalized spacial score (nSPS) is 11.0. The van der Waals surface area contributed by atoms with Crippen LogP contribution in [-0.2, 0) is 0 Å². The summed E-state index contributed by atoms with van der Waals surface area (Å²) < 4.78 is 13.1. The summed E-state index contributed by atoms with van der Waals surface area (Å²) in [6.07, 6.45) is 1.14. The van der Waals surface area contributed by atoms with Crippen molar-refractivity contribution in [2.45, 2.75) is 6.92 Å². The van der Waals surface area contributed by atoms with E-state index in [2.05, 4.69) is 4.99 Å². The van der Waals surface area contributed by atoms with Gasteiger partial charge >= 0.3 is 0 Å². The molecule has 0 aromatic heterocycles. The molecule has 0 amide bonds. The van der Waals surface area contributed by atoms with Crippen molar-refractivity contribution in [3.05, 3.63) is 62.4 Å². The van der Waals surface area contributed by atoms with Crippen molar-refractivity contribution in [1.82, 2.24) is 0 Å². The van der Waals surface area contributed by atoms with Crippen LogP contribution >= 0.6 is 11.6 Å². The first-order valence-corrected chi connectivity index (χ1v) is 6.21. The molecule has 0 unspecified atom stereocenters. The Labute approximate surface area is 124 Å². The van der Waals surface area contributed by atoms with E-state index in [1.54, 1.807) is 13.0 Å². The van der Waals surface area contributed by atoms with Crippen LogP contribution in [-0.4, -0.2) is 11.1 Å². The van der Waals surface area contributed by atoms with Gasteiger partial charge in [0.15, 0.2) is 0 Å². The SMILES string of the molecule is Cc1ccc(F)cc1N=Cc1cc(Cl)cc([N+](=O)[O-])c1[O-]. The van der Waals surface area contributed by atoms with Crippen molar-refractivity contribution in [2.24, 2.45) is 4.99 Å². The summed E-state index contributed by atoms with van der Waals surface area (Å²) in [5.41, 5.74) is 0.381. The highest BCUT2D eigenvalue weighted by atomic mass is 35.5. The van der Waals surface area contributed by atoms with Crippen molar-refractivity contribution in [1.29, 1.82) is 0 Å². The van der Waals surface area contributed by atoms with Gasteiger partial charge in [-0.1, -0.05) is 17.7 Å². The molecule has 0 atom stereocenters. The van der Waals surface area contributed by atoms with Gasteiger partial charge in [0, 0.05) is 17.3 Å². The first-order chi connectivity index (χ1) is 9.88. The molecule has 0 aliphatic rings. The molecule has 0 radical (unpaired) electrons. The maximum atomic E-state index is 13.1. The zero-order valence-electron chi connectivity index (χ0n) is 10.8. The molecule has 0 heterocycles. The Kier molecular flexibility index (Phi) is 4.18. The van der Waals surface area contributed by atoms with Crippen LogP contribution in [0.5, 0.6) is 5.75 Å². The summed E-state index contributed by atoms with van der Waals surface area (Å²) in [6, 6.07) is 6.29. The Morgan fingerprint density at radius 2 is 2.05 bits per heavy atom. The van der Waals surface area contributed by atoms with E-state index in [1.807, 2.05) is 0 Å². The summed E-state index contributed by atoms with van der Waals surface area (Å²) in [5.74, 6) is -1.26. The van der Waals surface area contributed by atoms with Gasteiger partial charge in [-0.05, 0) is 42.0 Å². The van der Waals surface area contributed by atoms with Crippen LogP contribution in [0, 0.1) is 22.9 Å². The third-order valence-electron chi connectivity index (χ3n) is 2.77. The standard InChI is InChI=1S/C14H10ClFN2O3/c1-8-2-3-11(16)6-12(8)17-7-9-4-10(15)5-13(14(9)19)18(20)21/h2-7,19H,1H3/p-1. The third kappa shape index (κ3) is 3.35. The van der Waals surface area contributed by atoms with Crippen LogP contribution in [0.2, 0.25) is 5.02 Å². The molecule has 0 fully saturated rings. The molecular weight excluding hydrogens is 299 g/mol. The summed E-state index contributed by atoms with van der Waals surface area (Å²) in [5, 5.41) is 22.7. The zero-order valence-corrected chi connectivity index (χ0v) is 11.6. The number of rotatable bonds is 3. The van der Waals surface area contributed by atoms with E-state index >= 15 is 0 Å². The van der Waals surface area contributed by atoms with Crippen LogP contribution in [0.4, 0.5) is 15.8 Å². The second-order valence-electron chi connectivity index (χ2n) is 4.29. The number of halogens is 2. The summed E-state index contributed by atoms with van der Waals surface area (Å²) in [6.45, 7) is 1.73. The maximum Gasteiger partial charge on any atom is 0.263 e. The molecule has 0 N–H and O–H groups in total. The predicted molar refractivity (Wildman–Crippen MR) is 75.9 cm³/mol. The Morgan fingerprint density at radius 3 is 2.71 bits per heavy atom. The lowest BCUT2D eigenvalue weighted by atomic mass is 10.1. The first kappa shape index (κ1) is 14.9. The molecule has 2 aromatic rings. The number of aryl methyl sites for hydroxylation is 1. The molecule has 0 aliphatic carbocycles. The van der Waals surface area contributed by atoms with Gasteiger partial charge in [0.1, 0.15) is 5.82 Å². The zero-order chi connectivity index (χ0) is 15.6. The Morgan fingerprint density at radius 1 is 1.33 bits per heavy atom. The molecule has 0 aliphatic heterocycles. The smallest absolute Gasteiger partial charge is 0.263 e. The Hall–Kier alpha value is -2.47. The van der Waals surface area contributed by atoms with Crippen molar-refractivity contribution in [3.63, 3.8) is 0 Å². The van der Waals surface area contributed by atoms with E-state index < -0.39 is 22.2 Å². The summed E-state index contributed by atoms with van der Waals surface area (Å²) in [4.78, 5) is 13.9. The van der Waals surface area contributed by atoms with Gasteiger partial charge in [-0.25, -0.2) is 4.39 Å². The lowest BCUT2D eigenvalue weighted by Gasteiger charge is -2.11. The quantitative estimate of drug-likeness (QED) is 0.494. The number of hydrogen-bond donors (Lipinski definition) is 0. The number of nitro groups is 1. The van der Waals surface area contributed by atoms with Crippen molar-refractivity contribution < 1.29 is 14.4 Å². The molecule has 0 saturated carbocycles. The minimum atomic E-state index is -0.807. The van der Waals surface area contributed by atoms with Gasteiger partial charge in [-0.2, -0.15) is 0 Å². The highest BCUT2D eigenvalue weighted by Crippen LogP contribution is 2.30. The van der Waals surface area contributed by atoms with E-state index in [-0.39, 0.29) is 10.6 Å². The summed E-state index contributed by atoms with van der Waals surface area (Å²) >= 11 is 5.74. The number of hydrogen-bond acceptors (Lipinski definition) is 4. The minimum absolute atomic E-state index is 0.0298. The molecule has 21 heavy (non-hydrogen) atoms. The molecule has 0 spiro atoms. The largest absolute Gasteiger partial charge is 0.867 e. The average Bonchev–Trinajstić information content (AvgIpc) is 2.42. The van der Waals surface area contributed by atoms with E-state index in [0.29, 0.717) is 11.3 Å². The van der Waals surface area contributed by atoms with Gasteiger partial charge < -0.3 is 5.11 Å². The Balaban J connectivity index is 2.46. The van der Waals surface area contributed by atoms with Gasteiger partial charge in [-0.3, -0.25) is 15.1 Å². The van der Waals surface area contributed by atoms with Crippen LogP contribution in [0.1, 0.15) is 11.1 Å². The topological polar surface area (TPSA) is 78.6 Å². The fourth-order valence-electron chi connectivity index (χ4n) is 1.69. The second-order valence-corrected chi connectivity index (χ2v) is 4.73. The first-order valence-electron chi connectivity index (χ1n) is 5.83. The summed E-state index contributed by atoms with van der Waals surface area (Å²) in [7, 11) is 0. The third-order valence-corrected chi connectivity index (χ3v) is 2.99. The fourth-order valence-corrected chi connectivity index (χ4v) is 1.91. The van der Waals surface area contributed by atoms with Crippen LogP contribution < -0.4 is 5.11 Å². The van der Waals surface area contributed by atoms with Crippen molar-refractivity contribution in [2.75, 3.05) is 0 Å². The van der Waals surface area contributed by atoms with Gasteiger partial charge in [0.05, 0.1) is 10.6 Å². The lowest BCUT2D eigenvalue weighted by Crippen LogP contribution is -2.02. The van der Waals surface area contributed by atoms with Crippen LogP contribution in [0.3, 0.4) is 0 Å². The highest BCUT2D eigenvalue weighted by molar-refractivity contribution is 6.31. The molecular formula is C14H9ClFN2O3-. The molecule has 2 rings (SSSR count). The minimum Gasteiger partial charge on any atom is -0.867 e. The fraction of sp³-hybridized carbons (Fsp3) is 0.0714. The van der Waals surface area contributed by atoms with E-state index in [4.69, 9.17) is 11.6 Å². The maximum absolute atomic E-state index is 13.1. The van der Waals surface area contributed by atoms with E-state index in [9.17, 15) is 19.6 Å². The molecule has 7 heteroatoms. The number of benzene rings is 2. The van der Waals surface area contributed by atoms with Gasteiger partial charge in [0.2, 0.25) is 0 Å². The van der Waals surface area contributed by atoms with Gasteiger partial charge in [-0.15, -0.1) is 0 Å². The highest BCUT2D eigenvalue weighted by Gasteiger charge is 2.11. The van der Waals surface area contributed by atoms with E-state index in [0.717, 1.165) is 12.3 Å². The predicted octanol–water partition coefficient (Wildman–Crippen LogP) is 3.52. The number of nitrogens with zero attached hydrogens (tertiary/aromatic N) is 2. The average molecular weight is 308 g/mol. The van der Waals surface area contributed by atoms with Crippen molar-refractivity contribution in [3.8, 4) is 5.75 Å². The second kappa shape index (κ2) is 5.88. The Bertz CT molecular complexity index is 747. The molecule has 0 bridgehead atoms. The number of nitro benzene ring substituents is 1. The molecule has 5 nitrogen and oxygen atoms in total. The molecule has 0 saturated heterocycles. The lowest BCUT2D eigenvalue weighted by molar-refractivity contribution is -0.398. The van der Waals surface area contributed by atoms with Crippen LogP contribution in [0.15, 0.2) is 35.3 Å².